The van der Waals surface area contributed by atoms with Gasteiger partial charge in [0.2, 0.25) is 0 Å². The van der Waals surface area contributed by atoms with E-state index < -0.39 is 0 Å². The van der Waals surface area contributed by atoms with Gasteiger partial charge in [0.15, 0.2) is 0 Å². The minimum absolute atomic E-state index is 0.220. The van der Waals surface area contributed by atoms with Gasteiger partial charge in [0.25, 0.3) is 0 Å². The van der Waals surface area contributed by atoms with E-state index in [-0.39, 0.29) is 10.8 Å². The van der Waals surface area contributed by atoms with Crippen LogP contribution in [0.1, 0.15) is 73.1 Å². The summed E-state index contributed by atoms with van der Waals surface area (Å²) in [6.45, 7) is 2.30. The lowest BCUT2D eigenvalue weighted by molar-refractivity contribution is 0.310. The molecule has 0 bridgehead atoms. The van der Waals surface area contributed by atoms with Gasteiger partial charge in [-0.05, 0) is 97.1 Å². The quantitative estimate of drug-likeness (QED) is 0.348. The number of benzene rings is 3. The maximum absolute atomic E-state index is 13.8. The van der Waals surface area contributed by atoms with Crippen molar-refractivity contribution in [1.29, 1.82) is 0 Å². The number of rotatable bonds is 7. The Morgan fingerprint density at radius 2 is 1.55 bits per heavy atom. The van der Waals surface area contributed by atoms with Gasteiger partial charge in [-0.1, -0.05) is 79.2 Å². The fourth-order valence-electron chi connectivity index (χ4n) is 5.02. The monoisotopic (exact) mass is 434 g/mol. The summed E-state index contributed by atoms with van der Waals surface area (Å²) >= 11 is 5.83. The molecule has 1 fully saturated rings. The summed E-state index contributed by atoms with van der Waals surface area (Å²) in [5.74, 6) is 1.51. The SMILES string of the molecule is CC(Cc1ccc(CCC2CCC(c3ccc(Cl)c(F)c3)CC2)cc1)c1ccccc1. The highest BCUT2D eigenvalue weighted by atomic mass is 35.5. The molecule has 31 heavy (non-hydrogen) atoms. The second-order valence-electron chi connectivity index (χ2n) is 9.26. The number of halogens is 2. The molecule has 3 aromatic carbocycles. The maximum Gasteiger partial charge on any atom is 0.142 e. The minimum atomic E-state index is -0.289. The second-order valence-corrected chi connectivity index (χ2v) is 9.67. The molecule has 1 aliphatic rings. The molecule has 3 aromatic rings. The lowest BCUT2D eigenvalue weighted by Gasteiger charge is -2.29. The van der Waals surface area contributed by atoms with Crippen LogP contribution in [0.3, 0.4) is 0 Å². The first-order valence-electron chi connectivity index (χ1n) is 11.7. The molecule has 0 aliphatic heterocycles. The van der Waals surface area contributed by atoms with Crippen LogP contribution in [0.15, 0.2) is 72.8 Å². The van der Waals surface area contributed by atoms with Gasteiger partial charge in [0, 0.05) is 0 Å². The topological polar surface area (TPSA) is 0 Å². The van der Waals surface area contributed by atoms with E-state index in [0.29, 0.717) is 11.8 Å². The third-order valence-corrected chi connectivity index (χ3v) is 7.34. The first-order chi connectivity index (χ1) is 15.1. The molecule has 0 radical (unpaired) electrons. The lowest BCUT2D eigenvalue weighted by Crippen LogP contribution is -2.14. The van der Waals surface area contributed by atoms with Crippen molar-refractivity contribution in [2.75, 3.05) is 0 Å². The molecule has 1 unspecified atom stereocenters. The van der Waals surface area contributed by atoms with Gasteiger partial charge >= 0.3 is 0 Å². The average molecular weight is 435 g/mol. The molecule has 0 saturated heterocycles. The van der Waals surface area contributed by atoms with Crippen molar-refractivity contribution in [3.63, 3.8) is 0 Å². The highest BCUT2D eigenvalue weighted by molar-refractivity contribution is 6.30. The van der Waals surface area contributed by atoms with Crippen LogP contribution < -0.4 is 0 Å². The number of hydrogen-bond donors (Lipinski definition) is 0. The van der Waals surface area contributed by atoms with E-state index in [4.69, 9.17) is 11.6 Å². The van der Waals surface area contributed by atoms with Crippen LogP contribution in [0.2, 0.25) is 5.02 Å². The van der Waals surface area contributed by atoms with Gasteiger partial charge in [-0.25, -0.2) is 4.39 Å². The highest BCUT2D eigenvalue weighted by Gasteiger charge is 2.23. The van der Waals surface area contributed by atoms with Crippen molar-refractivity contribution in [2.24, 2.45) is 5.92 Å². The Morgan fingerprint density at radius 3 is 2.23 bits per heavy atom. The Labute approximate surface area is 191 Å². The fourth-order valence-corrected chi connectivity index (χ4v) is 5.13. The smallest absolute Gasteiger partial charge is 0.142 e. The summed E-state index contributed by atoms with van der Waals surface area (Å²) in [4.78, 5) is 0. The third-order valence-electron chi connectivity index (χ3n) is 7.04. The van der Waals surface area contributed by atoms with Gasteiger partial charge in [-0.15, -0.1) is 0 Å². The molecular weight excluding hydrogens is 403 g/mol. The molecule has 1 aliphatic carbocycles. The maximum atomic E-state index is 13.8. The Bertz CT molecular complexity index is 956. The van der Waals surface area contributed by atoms with Crippen LogP contribution in [-0.4, -0.2) is 0 Å². The summed E-state index contributed by atoms with van der Waals surface area (Å²) in [7, 11) is 0. The summed E-state index contributed by atoms with van der Waals surface area (Å²) in [5.41, 5.74) is 5.37. The molecule has 1 atom stereocenters. The largest absolute Gasteiger partial charge is 0.205 e. The highest BCUT2D eigenvalue weighted by Crippen LogP contribution is 2.38. The summed E-state index contributed by atoms with van der Waals surface area (Å²) in [5, 5.41) is 0.220. The van der Waals surface area contributed by atoms with Gasteiger partial charge in [0.05, 0.1) is 5.02 Å². The molecule has 1 saturated carbocycles. The van der Waals surface area contributed by atoms with E-state index in [1.807, 2.05) is 6.07 Å². The molecule has 4 rings (SSSR count). The van der Waals surface area contributed by atoms with Gasteiger partial charge in [0.1, 0.15) is 5.82 Å². The second kappa shape index (κ2) is 10.5. The Morgan fingerprint density at radius 1 is 0.871 bits per heavy atom. The number of hydrogen-bond acceptors (Lipinski definition) is 0. The number of aryl methyl sites for hydroxylation is 1. The van der Waals surface area contributed by atoms with E-state index in [1.165, 1.54) is 36.0 Å². The predicted octanol–water partition coefficient (Wildman–Crippen LogP) is 8.73. The molecule has 0 spiro atoms. The summed E-state index contributed by atoms with van der Waals surface area (Å²) in [6, 6.07) is 25.3. The lowest BCUT2D eigenvalue weighted by atomic mass is 9.77. The normalized spacial score (nSPS) is 19.8. The van der Waals surface area contributed by atoms with E-state index in [1.54, 1.807) is 12.1 Å². The molecule has 162 valence electrons. The zero-order valence-corrected chi connectivity index (χ0v) is 19.1. The molecule has 0 nitrogen and oxygen atoms in total. The van der Waals surface area contributed by atoms with E-state index >= 15 is 0 Å². The predicted molar refractivity (Wildman–Crippen MR) is 129 cm³/mol. The molecule has 0 heterocycles. The van der Waals surface area contributed by atoms with E-state index in [9.17, 15) is 4.39 Å². The van der Waals surface area contributed by atoms with Crippen LogP contribution in [0, 0.1) is 11.7 Å². The zero-order valence-electron chi connectivity index (χ0n) is 18.4. The van der Waals surface area contributed by atoms with Gasteiger partial charge in [-0.3, -0.25) is 0 Å². The van der Waals surface area contributed by atoms with Crippen molar-refractivity contribution in [2.45, 2.75) is 63.7 Å². The van der Waals surface area contributed by atoms with Crippen molar-refractivity contribution >= 4 is 11.6 Å². The Hall–Kier alpha value is -2.12. The first-order valence-corrected chi connectivity index (χ1v) is 12.0. The first kappa shape index (κ1) is 22.1. The van der Waals surface area contributed by atoms with Crippen molar-refractivity contribution in [1.82, 2.24) is 0 Å². The molecule has 0 aromatic heterocycles. The molecular formula is C29H32ClF. The van der Waals surface area contributed by atoms with Gasteiger partial charge < -0.3 is 0 Å². The van der Waals surface area contributed by atoms with Gasteiger partial charge in [-0.2, -0.15) is 0 Å². The van der Waals surface area contributed by atoms with Crippen molar-refractivity contribution in [3.8, 4) is 0 Å². The Kier molecular flexibility index (Phi) is 7.45. The standard InChI is InChI=1S/C29H32ClF/c1-21(25-5-3-2-4-6-25)19-24-11-9-22(10-12-24)7-8-23-13-15-26(16-14-23)27-17-18-28(30)29(31)20-27/h2-6,9-12,17-18,20-21,23,26H,7-8,13-16,19H2,1H3. The zero-order chi connectivity index (χ0) is 21.6. The average Bonchev–Trinajstić information content (AvgIpc) is 2.81. The van der Waals surface area contributed by atoms with E-state index in [2.05, 4.69) is 61.5 Å². The van der Waals surface area contributed by atoms with Crippen molar-refractivity contribution < 1.29 is 4.39 Å². The third kappa shape index (κ3) is 5.98. The van der Waals surface area contributed by atoms with Crippen molar-refractivity contribution in [3.05, 3.63) is 106 Å². The van der Waals surface area contributed by atoms with E-state index in [0.717, 1.165) is 37.2 Å². The van der Waals surface area contributed by atoms with Crippen LogP contribution in [-0.2, 0) is 12.8 Å². The van der Waals surface area contributed by atoms with Crippen LogP contribution in [0.5, 0.6) is 0 Å². The Balaban J connectivity index is 1.23. The minimum Gasteiger partial charge on any atom is -0.205 e. The summed E-state index contributed by atoms with van der Waals surface area (Å²) < 4.78 is 13.8. The molecule has 2 heteroatoms. The summed E-state index contributed by atoms with van der Waals surface area (Å²) in [6.07, 6.45) is 8.27. The molecule has 0 N–H and O–H groups in total. The fraction of sp³-hybridized carbons (Fsp3) is 0.379. The van der Waals surface area contributed by atoms with Crippen LogP contribution in [0.25, 0.3) is 0 Å². The van der Waals surface area contributed by atoms with Crippen LogP contribution >= 0.6 is 11.6 Å². The molecule has 0 amide bonds. The van der Waals surface area contributed by atoms with Crippen LogP contribution in [0.4, 0.5) is 4.39 Å².